The van der Waals surface area contributed by atoms with Crippen LogP contribution in [0, 0.1) is 0 Å². The summed E-state index contributed by atoms with van der Waals surface area (Å²) in [7, 11) is 1.59. The molecule has 1 aromatic heterocycles. The summed E-state index contributed by atoms with van der Waals surface area (Å²) in [5.74, 6) is 0.00215. The second-order valence-electron chi connectivity index (χ2n) is 5.98. The van der Waals surface area contributed by atoms with Gasteiger partial charge in [-0.25, -0.2) is 4.68 Å². The topological polar surface area (TPSA) is 75.5 Å². The predicted molar refractivity (Wildman–Crippen MR) is 89.5 cm³/mol. The highest BCUT2D eigenvalue weighted by Crippen LogP contribution is 2.15. The third-order valence-corrected chi connectivity index (χ3v) is 4.43. The van der Waals surface area contributed by atoms with Crippen molar-refractivity contribution in [2.24, 2.45) is 7.05 Å². The van der Waals surface area contributed by atoms with Crippen molar-refractivity contribution in [3.63, 3.8) is 0 Å². The molecule has 1 aromatic carbocycles. The third kappa shape index (κ3) is 3.02. The van der Waals surface area contributed by atoms with Gasteiger partial charge >= 0.3 is 0 Å². The Hall–Kier alpha value is -2.70. The van der Waals surface area contributed by atoms with Gasteiger partial charge in [0.05, 0.1) is 17.5 Å². The SMILES string of the molecule is CC(=O)N1CCN(C(=O)Cc2nn(C)c(=O)c3ccccc23)CC1. The lowest BCUT2D eigenvalue weighted by molar-refractivity contribution is -0.138. The van der Waals surface area contributed by atoms with Gasteiger partial charge in [0.2, 0.25) is 11.8 Å². The van der Waals surface area contributed by atoms with Crippen LogP contribution in [0.1, 0.15) is 12.6 Å². The number of hydrogen-bond acceptors (Lipinski definition) is 4. The van der Waals surface area contributed by atoms with Crippen LogP contribution in [0.3, 0.4) is 0 Å². The van der Waals surface area contributed by atoms with E-state index in [0.29, 0.717) is 37.3 Å². The molecule has 0 N–H and O–H groups in total. The Morgan fingerprint density at radius 3 is 2.25 bits per heavy atom. The summed E-state index contributed by atoms with van der Waals surface area (Å²) >= 11 is 0. The van der Waals surface area contributed by atoms with Crippen molar-refractivity contribution in [2.45, 2.75) is 13.3 Å². The molecule has 7 heteroatoms. The van der Waals surface area contributed by atoms with Gasteiger partial charge in [-0.3, -0.25) is 14.4 Å². The summed E-state index contributed by atoms with van der Waals surface area (Å²) < 4.78 is 1.28. The monoisotopic (exact) mass is 328 g/mol. The number of aromatic nitrogens is 2. The molecule has 1 aliphatic rings. The molecule has 0 aliphatic carbocycles. The van der Waals surface area contributed by atoms with Crippen molar-refractivity contribution in [1.29, 1.82) is 0 Å². The number of carbonyl (C=O) groups excluding carboxylic acids is 2. The molecular formula is C17H20N4O3. The average molecular weight is 328 g/mol. The van der Waals surface area contributed by atoms with Crippen LogP contribution < -0.4 is 5.56 Å². The van der Waals surface area contributed by atoms with E-state index in [9.17, 15) is 14.4 Å². The fourth-order valence-corrected chi connectivity index (χ4v) is 3.03. The van der Waals surface area contributed by atoms with Crippen molar-refractivity contribution in [3.8, 4) is 0 Å². The molecule has 24 heavy (non-hydrogen) atoms. The lowest BCUT2D eigenvalue weighted by Gasteiger charge is -2.34. The number of aryl methyl sites for hydroxylation is 1. The van der Waals surface area contributed by atoms with Crippen molar-refractivity contribution < 1.29 is 9.59 Å². The molecule has 3 rings (SSSR count). The van der Waals surface area contributed by atoms with Crippen LogP contribution in [-0.2, 0) is 23.1 Å². The Labute approximate surface area is 139 Å². The van der Waals surface area contributed by atoms with E-state index in [0.717, 1.165) is 5.39 Å². The van der Waals surface area contributed by atoms with E-state index in [1.165, 1.54) is 11.6 Å². The second-order valence-corrected chi connectivity index (χ2v) is 5.98. The van der Waals surface area contributed by atoms with Gasteiger partial charge in [-0.05, 0) is 6.07 Å². The molecule has 0 atom stereocenters. The Kier molecular flexibility index (Phi) is 4.33. The summed E-state index contributed by atoms with van der Waals surface area (Å²) in [5, 5.41) is 5.56. The lowest BCUT2D eigenvalue weighted by Crippen LogP contribution is -2.50. The molecule has 1 fully saturated rings. The van der Waals surface area contributed by atoms with Crippen LogP contribution in [0.25, 0.3) is 10.8 Å². The van der Waals surface area contributed by atoms with Gasteiger partial charge in [0.15, 0.2) is 0 Å². The third-order valence-electron chi connectivity index (χ3n) is 4.43. The predicted octanol–water partition coefficient (Wildman–Crippen LogP) is 0.167. The van der Waals surface area contributed by atoms with E-state index in [1.54, 1.807) is 29.0 Å². The maximum absolute atomic E-state index is 12.6. The Morgan fingerprint density at radius 1 is 1.04 bits per heavy atom. The number of amides is 2. The minimum atomic E-state index is -0.170. The normalized spacial score (nSPS) is 14.9. The van der Waals surface area contributed by atoms with Gasteiger partial charge in [-0.2, -0.15) is 5.10 Å². The molecule has 1 saturated heterocycles. The van der Waals surface area contributed by atoms with Crippen molar-refractivity contribution in [3.05, 3.63) is 40.3 Å². The van der Waals surface area contributed by atoms with Crippen LogP contribution in [0.2, 0.25) is 0 Å². The van der Waals surface area contributed by atoms with Gasteiger partial charge in [0, 0.05) is 45.5 Å². The van der Waals surface area contributed by atoms with Gasteiger partial charge in [-0.15, -0.1) is 0 Å². The summed E-state index contributed by atoms with van der Waals surface area (Å²) in [4.78, 5) is 39.6. The van der Waals surface area contributed by atoms with Gasteiger partial charge < -0.3 is 9.80 Å². The molecule has 0 radical (unpaired) electrons. The standard InChI is InChI=1S/C17H20N4O3/c1-12(22)20-7-9-21(10-8-20)16(23)11-15-13-5-3-4-6-14(13)17(24)19(2)18-15/h3-6H,7-11H2,1-2H3. The Bertz CT molecular complexity index is 851. The molecule has 0 bridgehead atoms. The molecule has 0 unspecified atom stereocenters. The van der Waals surface area contributed by atoms with Crippen LogP contribution in [0.4, 0.5) is 0 Å². The van der Waals surface area contributed by atoms with Gasteiger partial charge in [0.1, 0.15) is 0 Å². The maximum atomic E-state index is 12.6. The summed E-state index contributed by atoms with van der Waals surface area (Å²) in [5.41, 5.74) is 0.434. The first-order valence-corrected chi connectivity index (χ1v) is 7.95. The number of nitrogens with zero attached hydrogens (tertiary/aromatic N) is 4. The quantitative estimate of drug-likeness (QED) is 0.787. The van der Waals surface area contributed by atoms with Crippen molar-refractivity contribution in [2.75, 3.05) is 26.2 Å². The molecule has 7 nitrogen and oxygen atoms in total. The highest BCUT2D eigenvalue weighted by atomic mass is 16.2. The molecule has 0 saturated carbocycles. The van der Waals surface area contributed by atoms with Crippen LogP contribution in [0.15, 0.2) is 29.1 Å². The molecule has 126 valence electrons. The Balaban J connectivity index is 1.81. The number of piperazine rings is 1. The minimum absolute atomic E-state index is 0.0329. The first-order chi connectivity index (χ1) is 11.5. The fraction of sp³-hybridized carbons (Fsp3) is 0.412. The zero-order valence-electron chi connectivity index (χ0n) is 13.9. The smallest absolute Gasteiger partial charge is 0.274 e. The first kappa shape index (κ1) is 16.2. The summed E-state index contributed by atoms with van der Waals surface area (Å²) in [6.07, 6.45) is 0.148. The van der Waals surface area contributed by atoms with Gasteiger partial charge in [0.25, 0.3) is 5.56 Å². The maximum Gasteiger partial charge on any atom is 0.274 e. The minimum Gasteiger partial charge on any atom is -0.339 e. The zero-order chi connectivity index (χ0) is 17.3. The number of benzene rings is 1. The first-order valence-electron chi connectivity index (χ1n) is 7.95. The number of hydrogen-bond donors (Lipinski definition) is 0. The average Bonchev–Trinajstić information content (AvgIpc) is 2.59. The number of carbonyl (C=O) groups is 2. The highest BCUT2D eigenvalue weighted by Gasteiger charge is 2.23. The number of fused-ring (bicyclic) bond motifs is 1. The van der Waals surface area contributed by atoms with Crippen molar-refractivity contribution >= 4 is 22.6 Å². The molecule has 2 aromatic rings. The molecule has 1 aliphatic heterocycles. The number of rotatable bonds is 2. The lowest BCUT2D eigenvalue weighted by atomic mass is 10.1. The van der Waals surface area contributed by atoms with Crippen LogP contribution in [0.5, 0.6) is 0 Å². The van der Waals surface area contributed by atoms with E-state index in [1.807, 2.05) is 12.1 Å². The zero-order valence-corrected chi connectivity index (χ0v) is 13.9. The summed E-state index contributed by atoms with van der Waals surface area (Å²) in [6.45, 7) is 3.72. The molecular weight excluding hydrogens is 308 g/mol. The fourth-order valence-electron chi connectivity index (χ4n) is 3.03. The molecule has 0 spiro atoms. The van der Waals surface area contributed by atoms with Gasteiger partial charge in [-0.1, -0.05) is 18.2 Å². The highest BCUT2D eigenvalue weighted by molar-refractivity contribution is 5.88. The van der Waals surface area contributed by atoms with Crippen LogP contribution >= 0.6 is 0 Å². The van der Waals surface area contributed by atoms with E-state index in [2.05, 4.69) is 5.10 Å². The van der Waals surface area contributed by atoms with Crippen molar-refractivity contribution in [1.82, 2.24) is 19.6 Å². The molecule has 2 heterocycles. The van der Waals surface area contributed by atoms with Crippen LogP contribution in [-0.4, -0.2) is 57.6 Å². The molecule has 2 amide bonds. The van der Waals surface area contributed by atoms with E-state index in [-0.39, 0.29) is 23.8 Å². The Morgan fingerprint density at radius 2 is 1.62 bits per heavy atom. The summed E-state index contributed by atoms with van der Waals surface area (Å²) in [6, 6.07) is 7.21. The van der Waals surface area contributed by atoms with E-state index >= 15 is 0 Å². The second kappa shape index (κ2) is 6.43. The van der Waals surface area contributed by atoms with E-state index in [4.69, 9.17) is 0 Å². The van der Waals surface area contributed by atoms with E-state index < -0.39 is 0 Å². The largest absolute Gasteiger partial charge is 0.339 e.